The number of benzene rings is 2. The largest absolute Gasteiger partial charge is 0.505 e. The summed E-state index contributed by atoms with van der Waals surface area (Å²) in [5.41, 5.74) is 0.208. The van der Waals surface area contributed by atoms with Crippen LogP contribution in [0.1, 0.15) is 10.4 Å². The lowest BCUT2D eigenvalue weighted by Gasteiger charge is -2.09. The van der Waals surface area contributed by atoms with Crippen LogP contribution in [-0.4, -0.2) is 16.0 Å². The summed E-state index contributed by atoms with van der Waals surface area (Å²) >= 11 is 0. The Bertz CT molecular complexity index is 861. The van der Waals surface area contributed by atoms with Crippen LogP contribution in [0.4, 0.5) is 14.5 Å². The molecule has 0 bridgehead atoms. The Labute approximate surface area is 124 Å². The number of phenols is 1. The summed E-state index contributed by atoms with van der Waals surface area (Å²) in [4.78, 5) is 16.2. The van der Waals surface area contributed by atoms with E-state index in [9.17, 15) is 18.7 Å². The average Bonchev–Trinajstić information content (AvgIpc) is 2.46. The molecule has 0 saturated heterocycles. The zero-order valence-corrected chi connectivity index (χ0v) is 11.2. The number of pyridine rings is 1. The van der Waals surface area contributed by atoms with E-state index >= 15 is 0 Å². The highest BCUT2D eigenvalue weighted by molar-refractivity contribution is 6.09. The van der Waals surface area contributed by atoms with Crippen LogP contribution in [0.15, 0.2) is 48.7 Å². The standard InChI is InChI=1S/C16H10F2N2O2/c17-10-6-11(18)8-12(7-10)20-16(22)13-4-3-9-2-1-5-19-14(9)15(13)21/h1-8,21H,(H,20,22). The number of anilines is 1. The van der Waals surface area contributed by atoms with E-state index in [1.54, 1.807) is 18.2 Å². The molecule has 110 valence electrons. The predicted octanol–water partition coefficient (Wildman–Crippen LogP) is 3.47. The molecule has 0 radical (unpaired) electrons. The number of carbonyl (C=O) groups is 1. The molecule has 2 N–H and O–H groups in total. The second kappa shape index (κ2) is 5.40. The van der Waals surface area contributed by atoms with Gasteiger partial charge in [0.05, 0.1) is 5.56 Å². The Morgan fingerprint density at radius 3 is 2.55 bits per heavy atom. The molecule has 4 nitrogen and oxygen atoms in total. The van der Waals surface area contributed by atoms with Gasteiger partial charge in [-0.25, -0.2) is 8.78 Å². The lowest BCUT2D eigenvalue weighted by molar-refractivity contribution is 0.102. The molecule has 0 aliphatic heterocycles. The molecular formula is C16H10F2N2O2. The second-order valence-electron chi connectivity index (χ2n) is 4.65. The Hall–Kier alpha value is -3.02. The number of phenolic OH excluding ortho intramolecular Hbond substituents is 1. The molecule has 6 heteroatoms. The number of amides is 1. The summed E-state index contributed by atoms with van der Waals surface area (Å²) in [7, 11) is 0. The molecule has 0 aliphatic rings. The molecule has 1 amide bonds. The number of fused-ring (bicyclic) bond motifs is 1. The van der Waals surface area contributed by atoms with Crippen LogP contribution >= 0.6 is 0 Å². The van der Waals surface area contributed by atoms with Crippen LogP contribution in [-0.2, 0) is 0 Å². The van der Waals surface area contributed by atoms with Crippen LogP contribution in [0.3, 0.4) is 0 Å². The third kappa shape index (κ3) is 2.58. The van der Waals surface area contributed by atoms with Crippen LogP contribution in [0.2, 0.25) is 0 Å². The molecule has 0 fully saturated rings. The normalized spacial score (nSPS) is 10.6. The van der Waals surface area contributed by atoms with Gasteiger partial charge in [0.2, 0.25) is 0 Å². The number of carbonyl (C=O) groups excluding carboxylic acids is 1. The van der Waals surface area contributed by atoms with Crippen molar-refractivity contribution in [3.05, 3.63) is 65.9 Å². The van der Waals surface area contributed by atoms with E-state index in [2.05, 4.69) is 10.3 Å². The van der Waals surface area contributed by atoms with Crippen LogP contribution in [0.25, 0.3) is 10.9 Å². The Balaban J connectivity index is 1.97. The highest BCUT2D eigenvalue weighted by atomic mass is 19.1. The van der Waals surface area contributed by atoms with Crippen molar-refractivity contribution < 1.29 is 18.7 Å². The molecule has 2 aromatic carbocycles. The summed E-state index contributed by atoms with van der Waals surface area (Å²) < 4.78 is 26.2. The van der Waals surface area contributed by atoms with E-state index in [1.165, 1.54) is 12.3 Å². The van der Waals surface area contributed by atoms with Crippen LogP contribution in [0.5, 0.6) is 5.75 Å². The Morgan fingerprint density at radius 2 is 1.82 bits per heavy atom. The van der Waals surface area contributed by atoms with Crippen molar-refractivity contribution >= 4 is 22.5 Å². The number of halogens is 2. The molecule has 0 unspecified atom stereocenters. The topological polar surface area (TPSA) is 62.2 Å². The summed E-state index contributed by atoms with van der Waals surface area (Å²) in [6, 6.07) is 9.16. The van der Waals surface area contributed by atoms with Crippen molar-refractivity contribution in [3.63, 3.8) is 0 Å². The highest BCUT2D eigenvalue weighted by Gasteiger charge is 2.15. The molecule has 3 aromatic rings. The van der Waals surface area contributed by atoms with Crippen LogP contribution < -0.4 is 5.32 Å². The first kappa shape index (κ1) is 13.9. The van der Waals surface area contributed by atoms with E-state index in [4.69, 9.17) is 0 Å². The minimum atomic E-state index is -0.806. The molecule has 1 heterocycles. The van der Waals surface area contributed by atoms with Gasteiger partial charge in [0.25, 0.3) is 5.91 Å². The fourth-order valence-corrected chi connectivity index (χ4v) is 2.14. The summed E-state index contributed by atoms with van der Waals surface area (Å²) in [5, 5.41) is 13.1. The SMILES string of the molecule is O=C(Nc1cc(F)cc(F)c1)c1ccc2cccnc2c1O. The molecule has 0 spiro atoms. The first-order valence-electron chi connectivity index (χ1n) is 6.39. The first-order valence-corrected chi connectivity index (χ1v) is 6.39. The van der Waals surface area contributed by atoms with Gasteiger partial charge < -0.3 is 10.4 Å². The quantitative estimate of drug-likeness (QED) is 0.761. The third-order valence-electron chi connectivity index (χ3n) is 3.11. The summed E-state index contributed by atoms with van der Waals surface area (Å²) in [6.07, 6.45) is 1.49. The smallest absolute Gasteiger partial charge is 0.259 e. The second-order valence-corrected chi connectivity index (χ2v) is 4.65. The monoisotopic (exact) mass is 300 g/mol. The maximum atomic E-state index is 13.1. The lowest BCUT2D eigenvalue weighted by atomic mass is 10.1. The van der Waals surface area contributed by atoms with Gasteiger partial charge in [0.15, 0.2) is 5.75 Å². The highest BCUT2D eigenvalue weighted by Crippen LogP contribution is 2.27. The summed E-state index contributed by atoms with van der Waals surface area (Å²) in [5.74, 6) is -2.58. The van der Waals surface area contributed by atoms with E-state index in [0.29, 0.717) is 11.5 Å². The summed E-state index contributed by atoms with van der Waals surface area (Å²) in [6.45, 7) is 0. The molecule has 3 rings (SSSR count). The Kier molecular flexibility index (Phi) is 3.42. The molecule has 0 atom stereocenters. The van der Waals surface area contributed by atoms with Gasteiger partial charge in [0.1, 0.15) is 17.2 Å². The first-order chi connectivity index (χ1) is 10.5. The van der Waals surface area contributed by atoms with Gasteiger partial charge in [-0.05, 0) is 24.3 Å². The fraction of sp³-hybridized carbons (Fsp3) is 0. The van der Waals surface area contributed by atoms with Crippen molar-refractivity contribution in [1.82, 2.24) is 4.98 Å². The van der Waals surface area contributed by atoms with Gasteiger partial charge in [0, 0.05) is 23.3 Å². The van der Waals surface area contributed by atoms with Gasteiger partial charge >= 0.3 is 0 Å². The maximum Gasteiger partial charge on any atom is 0.259 e. The van der Waals surface area contributed by atoms with Crippen molar-refractivity contribution in [2.24, 2.45) is 0 Å². The van der Waals surface area contributed by atoms with E-state index in [1.807, 2.05) is 0 Å². The molecule has 0 saturated carbocycles. The van der Waals surface area contributed by atoms with E-state index < -0.39 is 17.5 Å². The van der Waals surface area contributed by atoms with Crippen molar-refractivity contribution in [2.45, 2.75) is 0 Å². The van der Waals surface area contributed by atoms with Crippen molar-refractivity contribution in [1.29, 1.82) is 0 Å². The zero-order valence-electron chi connectivity index (χ0n) is 11.2. The number of hydrogen-bond acceptors (Lipinski definition) is 3. The number of hydrogen-bond donors (Lipinski definition) is 2. The predicted molar refractivity (Wildman–Crippen MR) is 77.7 cm³/mol. The molecule has 22 heavy (non-hydrogen) atoms. The number of nitrogens with one attached hydrogen (secondary N) is 1. The zero-order chi connectivity index (χ0) is 15.7. The third-order valence-corrected chi connectivity index (χ3v) is 3.11. The molecule has 0 aliphatic carbocycles. The number of aromatic hydroxyl groups is 1. The van der Waals surface area contributed by atoms with E-state index in [0.717, 1.165) is 12.1 Å². The minimum Gasteiger partial charge on any atom is -0.505 e. The minimum absolute atomic E-state index is 0.0316. The fourth-order valence-electron chi connectivity index (χ4n) is 2.14. The van der Waals surface area contributed by atoms with Crippen molar-refractivity contribution in [3.8, 4) is 5.75 Å². The number of rotatable bonds is 2. The number of nitrogens with zero attached hydrogens (tertiary/aromatic N) is 1. The lowest BCUT2D eigenvalue weighted by Crippen LogP contribution is -2.12. The average molecular weight is 300 g/mol. The van der Waals surface area contributed by atoms with Gasteiger partial charge in [-0.1, -0.05) is 12.1 Å². The van der Waals surface area contributed by atoms with Gasteiger partial charge in [-0.3, -0.25) is 9.78 Å². The van der Waals surface area contributed by atoms with E-state index in [-0.39, 0.29) is 22.5 Å². The van der Waals surface area contributed by atoms with Crippen molar-refractivity contribution in [2.75, 3.05) is 5.32 Å². The molecular weight excluding hydrogens is 290 g/mol. The number of aromatic nitrogens is 1. The van der Waals surface area contributed by atoms with Gasteiger partial charge in [-0.2, -0.15) is 0 Å². The Morgan fingerprint density at radius 1 is 1.09 bits per heavy atom. The molecule has 1 aromatic heterocycles. The maximum absolute atomic E-state index is 13.1. The van der Waals surface area contributed by atoms with Crippen LogP contribution in [0, 0.1) is 11.6 Å². The van der Waals surface area contributed by atoms with Gasteiger partial charge in [-0.15, -0.1) is 0 Å².